The molecule has 1 aromatic carbocycles. The molecule has 2 aromatic rings. The van der Waals surface area contributed by atoms with Crippen molar-refractivity contribution in [3.05, 3.63) is 46.5 Å². The number of aliphatic hydroxyl groups excluding tert-OH is 1. The molecule has 2 rings (SSSR count). The second-order valence-corrected chi connectivity index (χ2v) is 4.86. The molecule has 108 valence electrons. The molecule has 0 bridgehead atoms. The Labute approximate surface area is 117 Å². The monoisotopic (exact) mass is 278 g/mol. The second kappa shape index (κ2) is 5.63. The van der Waals surface area contributed by atoms with Gasteiger partial charge in [0.1, 0.15) is 0 Å². The van der Waals surface area contributed by atoms with Crippen molar-refractivity contribution in [1.82, 2.24) is 9.78 Å². The van der Waals surface area contributed by atoms with Crippen LogP contribution >= 0.6 is 0 Å². The first-order chi connectivity index (χ1) is 9.45. The first-order valence-corrected chi connectivity index (χ1v) is 6.45. The lowest BCUT2D eigenvalue weighted by Gasteiger charge is -2.14. The van der Waals surface area contributed by atoms with Crippen LogP contribution in [0.5, 0.6) is 5.75 Å². The summed E-state index contributed by atoms with van der Waals surface area (Å²) in [6.07, 6.45) is -0.595. The van der Waals surface area contributed by atoms with Gasteiger partial charge in [-0.2, -0.15) is 5.10 Å². The number of nitrogens with zero attached hydrogens (tertiary/aromatic N) is 2. The van der Waals surface area contributed by atoms with Crippen LogP contribution < -0.4 is 4.74 Å². The van der Waals surface area contributed by atoms with E-state index in [1.807, 2.05) is 20.9 Å². The van der Waals surface area contributed by atoms with E-state index in [1.54, 1.807) is 16.8 Å². The van der Waals surface area contributed by atoms with Crippen LogP contribution in [0.25, 0.3) is 0 Å². The van der Waals surface area contributed by atoms with Crippen LogP contribution in [0.4, 0.5) is 4.39 Å². The molecule has 4 nitrogen and oxygen atoms in total. The molecule has 1 N–H and O–H groups in total. The fourth-order valence-corrected chi connectivity index (χ4v) is 2.36. The lowest BCUT2D eigenvalue weighted by Crippen LogP contribution is -2.07. The topological polar surface area (TPSA) is 47.3 Å². The van der Waals surface area contributed by atoms with E-state index in [0.717, 1.165) is 17.0 Å². The number of benzene rings is 1. The lowest BCUT2D eigenvalue weighted by atomic mass is 9.99. The third-order valence-electron chi connectivity index (χ3n) is 3.63. The highest BCUT2D eigenvalue weighted by atomic mass is 19.1. The van der Waals surface area contributed by atoms with Crippen molar-refractivity contribution >= 4 is 0 Å². The molecule has 0 radical (unpaired) electrons. The molecule has 0 fully saturated rings. The number of methoxy groups -OCH3 is 1. The van der Waals surface area contributed by atoms with Crippen molar-refractivity contribution in [3.8, 4) is 5.75 Å². The van der Waals surface area contributed by atoms with Crippen LogP contribution in [-0.2, 0) is 13.5 Å². The van der Waals surface area contributed by atoms with E-state index >= 15 is 0 Å². The van der Waals surface area contributed by atoms with Gasteiger partial charge in [-0.15, -0.1) is 0 Å². The Bertz CT molecular complexity index is 623. The molecule has 5 heteroatoms. The van der Waals surface area contributed by atoms with E-state index in [4.69, 9.17) is 4.74 Å². The number of hydrogen-bond donors (Lipinski definition) is 1. The molecule has 0 spiro atoms. The minimum Gasteiger partial charge on any atom is -0.494 e. The summed E-state index contributed by atoms with van der Waals surface area (Å²) in [6, 6.07) is 4.78. The van der Waals surface area contributed by atoms with Crippen molar-refractivity contribution in [2.45, 2.75) is 26.4 Å². The van der Waals surface area contributed by atoms with Gasteiger partial charge in [0.15, 0.2) is 11.6 Å². The van der Waals surface area contributed by atoms with Crippen molar-refractivity contribution in [1.29, 1.82) is 0 Å². The zero-order valence-electron chi connectivity index (χ0n) is 12.1. The number of rotatable bonds is 4. The second-order valence-electron chi connectivity index (χ2n) is 4.86. The van der Waals surface area contributed by atoms with Gasteiger partial charge in [0, 0.05) is 24.7 Å². The Morgan fingerprint density at radius 3 is 2.65 bits per heavy atom. The summed E-state index contributed by atoms with van der Waals surface area (Å²) in [6.45, 7) is 3.82. The number of ether oxygens (including phenoxy) is 1. The fraction of sp³-hybridized carbons (Fsp3) is 0.400. The van der Waals surface area contributed by atoms with Gasteiger partial charge in [-0.05, 0) is 25.5 Å². The smallest absolute Gasteiger partial charge is 0.170 e. The zero-order chi connectivity index (χ0) is 14.9. The molecule has 1 atom stereocenters. The van der Waals surface area contributed by atoms with E-state index in [2.05, 4.69) is 5.10 Å². The molecule has 0 aliphatic carbocycles. The number of halogens is 1. The maximum absolute atomic E-state index is 14.1. The molecule has 0 saturated carbocycles. The predicted octanol–water partition coefficient (Wildman–Crippen LogP) is 2.46. The summed E-state index contributed by atoms with van der Waals surface area (Å²) in [7, 11) is 3.26. The van der Waals surface area contributed by atoms with Gasteiger partial charge in [0.2, 0.25) is 0 Å². The largest absolute Gasteiger partial charge is 0.494 e. The summed E-state index contributed by atoms with van der Waals surface area (Å²) in [4.78, 5) is 0. The number of aromatic nitrogens is 2. The maximum atomic E-state index is 14.1. The molecular formula is C15H19FN2O2. The molecule has 0 amide bonds. The normalized spacial score (nSPS) is 12.5. The quantitative estimate of drug-likeness (QED) is 0.934. The molecule has 1 aromatic heterocycles. The van der Waals surface area contributed by atoms with E-state index in [-0.39, 0.29) is 11.3 Å². The van der Waals surface area contributed by atoms with Crippen LogP contribution in [0.2, 0.25) is 0 Å². The highest BCUT2D eigenvalue weighted by Crippen LogP contribution is 2.28. The summed E-state index contributed by atoms with van der Waals surface area (Å²) in [5.74, 6) is -0.372. The minimum atomic E-state index is -0.924. The van der Waals surface area contributed by atoms with E-state index < -0.39 is 11.9 Å². The molecule has 20 heavy (non-hydrogen) atoms. The lowest BCUT2D eigenvalue weighted by molar-refractivity contribution is 0.172. The standard InChI is InChI=1S/C15H19FN2O2/c1-9-12(10(2)18(3)17-9)8-13(19)11-6-5-7-14(20-4)15(11)16/h5-7,13,19H,8H2,1-4H3. The van der Waals surface area contributed by atoms with Crippen molar-refractivity contribution in [2.24, 2.45) is 7.05 Å². The molecule has 0 aliphatic rings. The van der Waals surface area contributed by atoms with Gasteiger partial charge >= 0.3 is 0 Å². The fourth-order valence-electron chi connectivity index (χ4n) is 2.36. The van der Waals surface area contributed by atoms with Crippen LogP contribution in [0, 0.1) is 19.7 Å². The summed E-state index contributed by atoms with van der Waals surface area (Å²) in [5, 5.41) is 14.6. The molecule has 0 aliphatic heterocycles. The van der Waals surface area contributed by atoms with Gasteiger partial charge in [-0.1, -0.05) is 12.1 Å². The van der Waals surface area contributed by atoms with Crippen molar-refractivity contribution in [2.75, 3.05) is 7.11 Å². The summed E-state index contributed by atoms with van der Waals surface area (Å²) < 4.78 is 20.8. The van der Waals surface area contributed by atoms with E-state index in [1.165, 1.54) is 13.2 Å². The Kier molecular flexibility index (Phi) is 4.09. The molecule has 0 saturated heterocycles. The first-order valence-electron chi connectivity index (χ1n) is 6.45. The van der Waals surface area contributed by atoms with Crippen LogP contribution in [0.15, 0.2) is 18.2 Å². The predicted molar refractivity (Wildman–Crippen MR) is 74.3 cm³/mol. The average Bonchev–Trinajstić information content (AvgIpc) is 2.65. The molecule has 1 unspecified atom stereocenters. The Morgan fingerprint density at radius 1 is 1.40 bits per heavy atom. The van der Waals surface area contributed by atoms with Crippen LogP contribution in [0.3, 0.4) is 0 Å². The highest BCUT2D eigenvalue weighted by Gasteiger charge is 2.20. The SMILES string of the molecule is COc1cccc(C(O)Cc2c(C)nn(C)c2C)c1F. The number of hydrogen-bond acceptors (Lipinski definition) is 3. The van der Waals surface area contributed by atoms with Crippen molar-refractivity contribution in [3.63, 3.8) is 0 Å². The van der Waals surface area contributed by atoms with Crippen LogP contribution in [-0.4, -0.2) is 22.0 Å². The van der Waals surface area contributed by atoms with Crippen molar-refractivity contribution < 1.29 is 14.2 Å². The maximum Gasteiger partial charge on any atom is 0.170 e. The average molecular weight is 278 g/mol. The number of aliphatic hydroxyl groups is 1. The zero-order valence-corrected chi connectivity index (χ0v) is 12.1. The van der Waals surface area contributed by atoms with E-state index in [9.17, 15) is 9.50 Å². The number of aryl methyl sites for hydroxylation is 2. The van der Waals surface area contributed by atoms with Crippen LogP contribution in [0.1, 0.15) is 28.6 Å². The molecule has 1 heterocycles. The Hall–Kier alpha value is -1.88. The summed E-state index contributed by atoms with van der Waals surface area (Å²) in [5.41, 5.74) is 3.02. The van der Waals surface area contributed by atoms with Gasteiger partial charge in [0.05, 0.1) is 18.9 Å². The first kappa shape index (κ1) is 14.5. The van der Waals surface area contributed by atoms with E-state index in [0.29, 0.717) is 6.42 Å². The minimum absolute atomic E-state index is 0.140. The van der Waals surface area contributed by atoms with Gasteiger partial charge in [-0.3, -0.25) is 4.68 Å². The third-order valence-corrected chi connectivity index (χ3v) is 3.63. The van der Waals surface area contributed by atoms with Gasteiger partial charge in [-0.25, -0.2) is 4.39 Å². The Balaban J connectivity index is 2.31. The molecular weight excluding hydrogens is 259 g/mol. The summed E-state index contributed by atoms with van der Waals surface area (Å²) >= 11 is 0. The Morgan fingerprint density at radius 2 is 2.10 bits per heavy atom. The van der Waals surface area contributed by atoms with Gasteiger partial charge in [0.25, 0.3) is 0 Å². The third kappa shape index (κ3) is 2.54. The van der Waals surface area contributed by atoms with Gasteiger partial charge < -0.3 is 9.84 Å². The highest BCUT2D eigenvalue weighted by molar-refractivity contribution is 5.34.